The summed E-state index contributed by atoms with van der Waals surface area (Å²) in [6, 6.07) is 6.22. The van der Waals surface area contributed by atoms with E-state index in [4.69, 9.17) is 14.2 Å². The molecule has 4 nitrogen and oxygen atoms in total. The van der Waals surface area contributed by atoms with Crippen LogP contribution in [0.15, 0.2) is 18.2 Å². The van der Waals surface area contributed by atoms with Gasteiger partial charge < -0.3 is 19.5 Å². The van der Waals surface area contributed by atoms with Crippen LogP contribution in [0.2, 0.25) is 0 Å². The van der Waals surface area contributed by atoms with Gasteiger partial charge in [-0.25, -0.2) is 0 Å². The number of hydrogen-bond acceptors (Lipinski definition) is 4. The molecule has 1 heterocycles. The number of fused-ring (bicyclic) bond motifs is 1. The minimum absolute atomic E-state index is 0.246. The smallest absolute Gasteiger partial charge is 0.134 e. The monoisotopic (exact) mass is 265 g/mol. The maximum Gasteiger partial charge on any atom is 0.134 e. The molecule has 0 amide bonds. The molecule has 0 fully saturated rings. The molecule has 2 unspecified atom stereocenters. The molecule has 1 aliphatic rings. The van der Waals surface area contributed by atoms with Crippen molar-refractivity contribution in [2.45, 2.75) is 31.4 Å². The summed E-state index contributed by atoms with van der Waals surface area (Å²) in [7, 11) is 5.38. The number of nitrogens with one attached hydrogen (secondary N) is 1. The molecule has 1 aromatic rings. The molecule has 106 valence electrons. The van der Waals surface area contributed by atoms with Crippen LogP contribution in [0.4, 0.5) is 0 Å². The second-order valence-corrected chi connectivity index (χ2v) is 5.02. The third kappa shape index (κ3) is 2.69. The Labute approximate surface area is 115 Å². The standard InChI is InChI=1S/C15H23NO3/c1-5-15(10-17-3)9-13(16-2)12-8-11(18-4)6-7-14(12)19-15/h6-8,13,16H,5,9-10H2,1-4H3. The first-order valence-corrected chi connectivity index (χ1v) is 6.71. The first kappa shape index (κ1) is 14.2. The van der Waals surface area contributed by atoms with Gasteiger partial charge in [0.15, 0.2) is 0 Å². The lowest BCUT2D eigenvalue weighted by molar-refractivity contribution is -0.0364. The third-order valence-corrected chi connectivity index (χ3v) is 3.90. The molecule has 0 saturated heterocycles. The largest absolute Gasteiger partial charge is 0.497 e. The van der Waals surface area contributed by atoms with Crippen LogP contribution in [0.1, 0.15) is 31.4 Å². The van der Waals surface area contributed by atoms with Crippen molar-refractivity contribution >= 4 is 0 Å². The summed E-state index contributed by atoms with van der Waals surface area (Å²) in [5.74, 6) is 1.78. The van der Waals surface area contributed by atoms with E-state index < -0.39 is 0 Å². The van der Waals surface area contributed by atoms with Gasteiger partial charge >= 0.3 is 0 Å². The Morgan fingerprint density at radius 2 is 2.21 bits per heavy atom. The van der Waals surface area contributed by atoms with Gasteiger partial charge in [0, 0.05) is 25.1 Å². The van der Waals surface area contributed by atoms with Crippen LogP contribution in [0.25, 0.3) is 0 Å². The van der Waals surface area contributed by atoms with Crippen molar-refractivity contribution in [1.82, 2.24) is 5.32 Å². The zero-order valence-corrected chi connectivity index (χ0v) is 12.2. The van der Waals surface area contributed by atoms with E-state index in [9.17, 15) is 0 Å². The van der Waals surface area contributed by atoms with E-state index in [2.05, 4.69) is 12.2 Å². The fraction of sp³-hybridized carbons (Fsp3) is 0.600. The van der Waals surface area contributed by atoms with E-state index in [0.717, 1.165) is 29.9 Å². The number of ether oxygens (including phenoxy) is 3. The fourth-order valence-electron chi connectivity index (χ4n) is 2.70. The van der Waals surface area contributed by atoms with Crippen LogP contribution in [-0.2, 0) is 4.74 Å². The van der Waals surface area contributed by atoms with Gasteiger partial charge in [-0.15, -0.1) is 0 Å². The van der Waals surface area contributed by atoms with Gasteiger partial charge in [-0.2, -0.15) is 0 Å². The second kappa shape index (κ2) is 5.80. The molecule has 1 aromatic carbocycles. The van der Waals surface area contributed by atoms with Gasteiger partial charge in [-0.1, -0.05) is 6.92 Å². The van der Waals surface area contributed by atoms with Gasteiger partial charge in [0.05, 0.1) is 13.7 Å². The topological polar surface area (TPSA) is 39.7 Å². The van der Waals surface area contributed by atoms with E-state index in [1.54, 1.807) is 14.2 Å². The summed E-state index contributed by atoms with van der Waals surface area (Å²) >= 11 is 0. The lowest BCUT2D eigenvalue weighted by Crippen LogP contribution is -2.46. The highest BCUT2D eigenvalue weighted by atomic mass is 16.5. The van der Waals surface area contributed by atoms with Gasteiger partial charge in [-0.05, 0) is 31.7 Å². The van der Waals surface area contributed by atoms with Gasteiger partial charge in [-0.3, -0.25) is 0 Å². The number of methoxy groups -OCH3 is 2. The lowest BCUT2D eigenvalue weighted by atomic mass is 9.85. The zero-order chi connectivity index (χ0) is 13.9. The molecule has 2 atom stereocenters. The van der Waals surface area contributed by atoms with Crippen molar-refractivity contribution in [3.05, 3.63) is 23.8 Å². The average molecular weight is 265 g/mol. The summed E-state index contributed by atoms with van der Waals surface area (Å²) in [5, 5.41) is 3.37. The normalized spacial score (nSPS) is 25.6. The van der Waals surface area contributed by atoms with Gasteiger partial charge in [0.25, 0.3) is 0 Å². The predicted octanol–water partition coefficient (Wildman–Crippen LogP) is 2.53. The maximum atomic E-state index is 6.22. The van der Waals surface area contributed by atoms with Crippen LogP contribution in [0.5, 0.6) is 11.5 Å². The Bertz CT molecular complexity index is 435. The van der Waals surface area contributed by atoms with Gasteiger partial charge in [0.1, 0.15) is 17.1 Å². The number of hydrogen-bond donors (Lipinski definition) is 1. The summed E-state index contributed by atoms with van der Waals surface area (Å²) in [6.07, 6.45) is 1.82. The molecule has 19 heavy (non-hydrogen) atoms. The van der Waals surface area contributed by atoms with Crippen molar-refractivity contribution in [3.8, 4) is 11.5 Å². The van der Waals surface area contributed by atoms with Crippen LogP contribution < -0.4 is 14.8 Å². The molecule has 0 saturated carbocycles. The van der Waals surface area contributed by atoms with E-state index >= 15 is 0 Å². The third-order valence-electron chi connectivity index (χ3n) is 3.90. The van der Waals surface area contributed by atoms with Crippen molar-refractivity contribution < 1.29 is 14.2 Å². The van der Waals surface area contributed by atoms with Crippen LogP contribution in [-0.4, -0.2) is 33.5 Å². The van der Waals surface area contributed by atoms with Crippen molar-refractivity contribution in [2.75, 3.05) is 27.9 Å². The Hall–Kier alpha value is -1.26. The van der Waals surface area contributed by atoms with E-state index in [1.165, 1.54) is 0 Å². The quantitative estimate of drug-likeness (QED) is 0.888. The Morgan fingerprint density at radius 1 is 1.42 bits per heavy atom. The van der Waals surface area contributed by atoms with Crippen LogP contribution >= 0.6 is 0 Å². The highest BCUT2D eigenvalue weighted by Crippen LogP contribution is 2.42. The fourth-order valence-corrected chi connectivity index (χ4v) is 2.70. The average Bonchev–Trinajstić information content (AvgIpc) is 2.46. The minimum atomic E-state index is -0.246. The molecule has 0 bridgehead atoms. The Kier molecular flexibility index (Phi) is 4.32. The predicted molar refractivity (Wildman–Crippen MR) is 74.9 cm³/mol. The molecule has 0 radical (unpaired) electrons. The summed E-state index contributed by atoms with van der Waals surface area (Å²) in [5.41, 5.74) is 0.909. The van der Waals surface area contributed by atoms with Crippen LogP contribution in [0.3, 0.4) is 0 Å². The lowest BCUT2D eigenvalue weighted by Gasteiger charge is -2.41. The highest BCUT2D eigenvalue weighted by molar-refractivity contribution is 5.44. The molecular formula is C15H23NO3. The molecule has 0 aromatic heterocycles. The second-order valence-electron chi connectivity index (χ2n) is 5.02. The van der Waals surface area contributed by atoms with E-state index in [1.807, 2.05) is 25.2 Å². The van der Waals surface area contributed by atoms with Crippen LogP contribution in [0, 0.1) is 0 Å². The highest BCUT2D eigenvalue weighted by Gasteiger charge is 2.39. The Morgan fingerprint density at radius 3 is 2.79 bits per heavy atom. The summed E-state index contributed by atoms with van der Waals surface area (Å²) < 4.78 is 16.9. The SMILES string of the molecule is CCC1(COC)CC(NC)c2cc(OC)ccc2O1. The maximum absolute atomic E-state index is 6.22. The van der Waals surface area contributed by atoms with E-state index in [0.29, 0.717) is 6.61 Å². The first-order chi connectivity index (χ1) is 9.18. The number of benzene rings is 1. The molecule has 1 N–H and O–H groups in total. The Balaban J connectivity index is 2.37. The molecular weight excluding hydrogens is 242 g/mol. The molecule has 1 aliphatic heterocycles. The van der Waals surface area contributed by atoms with Crippen molar-refractivity contribution in [3.63, 3.8) is 0 Å². The number of rotatable bonds is 5. The summed E-state index contributed by atoms with van der Waals surface area (Å²) in [6.45, 7) is 2.74. The zero-order valence-electron chi connectivity index (χ0n) is 12.2. The van der Waals surface area contributed by atoms with E-state index in [-0.39, 0.29) is 11.6 Å². The molecule has 2 rings (SSSR count). The summed E-state index contributed by atoms with van der Waals surface area (Å²) in [4.78, 5) is 0. The minimum Gasteiger partial charge on any atom is -0.497 e. The first-order valence-electron chi connectivity index (χ1n) is 6.71. The molecule has 4 heteroatoms. The van der Waals surface area contributed by atoms with Gasteiger partial charge in [0.2, 0.25) is 0 Å². The molecule has 0 spiro atoms. The van der Waals surface area contributed by atoms with Crippen molar-refractivity contribution in [2.24, 2.45) is 0 Å². The van der Waals surface area contributed by atoms with Crippen molar-refractivity contribution in [1.29, 1.82) is 0 Å². The molecule has 0 aliphatic carbocycles.